The minimum absolute atomic E-state index is 0.0114. The third-order valence-corrected chi connectivity index (χ3v) is 5.52. The molecule has 144 valence electrons. The summed E-state index contributed by atoms with van der Waals surface area (Å²) in [6, 6.07) is 12.0. The average Bonchev–Trinajstić information content (AvgIpc) is 3.20. The van der Waals surface area contributed by atoms with E-state index in [1.807, 2.05) is 36.4 Å². The summed E-state index contributed by atoms with van der Waals surface area (Å²) in [6.07, 6.45) is 2.74. The Balaban J connectivity index is 1.19. The lowest BCUT2D eigenvalue weighted by Gasteiger charge is -2.56. The molecule has 1 aromatic carbocycles. The van der Waals surface area contributed by atoms with Gasteiger partial charge in [-0.3, -0.25) is 9.69 Å². The van der Waals surface area contributed by atoms with Gasteiger partial charge in [0.15, 0.2) is 5.65 Å². The zero-order chi connectivity index (χ0) is 19.1. The fourth-order valence-electron chi connectivity index (χ4n) is 4.06. The van der Waals surface area contributed by atoms with Gasteiger partial charge in [-0.15, -0.1) is 15.3 Å². The third kappa shape index (κ3) is 3.03. The van der Waals surface area contributed by atoms with Crippen LogP contribution >= 0.6 is 0 Å². The number of amides is 1. The van der Waals surface area contributed by atoms with Crippen molar-refractivity contribution in [3.05, 3.63) is 42.7 Å². The summed E-state index contributed by atoms with van der Waals surface area (Å²) in [5.74, 6) is 1.70. The number of fused-ring (bicyclic) bond motifs is 3. The average molecular weight is 379 g/mol. The maximum atomic E-state index is 12.4. The fourth-order valence-corrected chi connectivity index (χ4v) is 4.06. The van der Waals surface area contributed by atoms with Gasteiger partial charge in [0, 0.05) is 30.9 Å². The molecule has 0 aliphatic carbocycles. The highest BCUT2D eigenvalue weighted by Crippen LogP contribution is 2.33. The third-order valence-electron chi connectivity index (χ3n) is 5.52. The van der Waals surface area contributed by atoms with Gasteiger partial charge in [0.2, 0.25) is 5.91 Å². The first-order valence-electron chi connectivity index (χ1n) is 9.31. The summed E-state index contributed by atoms with van der Waals surface area (Å²) in [7, 11) is 1.62. The Kier molecular flexibility index (Phi) is 4.09. The molecule has 3 fully saturated rings. The van der Waals surface area contributed by atoms with Crippen LogP contribution < -0.4 is 15.0 Å². The van der Waals surface area contributed by atoms with E-state index in [2.05, 4.69) is 30.4 Å². The van der Waals surface area contributed by atoms with E-state index in [9.17, 15) is 4.79 Å². The van der Waals surface area contributed by atoms with Gasteiger partial charge >= 0.3 is 0 Å². The second-order valence-electron chi connectivity index (χ2n) is 7.22. The van der Waals surface area contributed by atoms with Crippen molar-refractivity contribution < 1.29 is 9.53 Å². The number of carbonyl (C=O) groups is 1. The normalized spacial score (nSPS) is 21.4. The Hall–Kier alpha value is -3.20. The Morgan fingerprint density at radius 2 is 1.96 bits per heavy atom. The lowest BCUT2D eigenvalue weighted by Crippen LogP contribution is -2.69. The molecule has 0 radical (unpaired) electrons. The summed E-state index contributed by atoms with van der Waals surface area (Å²) in [4.78, 5) is 17.0. The molecule has 3 aromatic rings. The summed E-state index contributed by atoms with van der Waals surface area (Å²) in [5, 5.41) is 15.4. The molecule has 2 aromatic heterocycles. The number of rotatable bonds is 5. The largest absolute Gasteiger partial charge is 0.497 e. The Labute approximate surface area is 161 Å². The number of carbonyl (C=O) groups excluding carboxylic acids is 1. The van der Waals surface area contributed by atoms with Crippen LogP contribution in [0.5, 0.6) is 5.75 Å². The maximum absolute atomic E-state index is 12.4. The van der Waals surface area contributed by atoms with Crippen molar-refractivity contribution in [1.82, 2.24) is 24.7 Å². The number of benzene rings is 1. The zero-order valence-electron chi connectivity index (χ0n) is 15.5. The van der Waals surface area contributed by atoms with E-state index in [-0.39, 0.29) is 5.91 Å². The number of hydrogen-bond acceptors (Lipinski definition) is 7. The van der Waals surface area contributed by atoms with Crippen LogP contribution in [0.25, 0.3) is 5.65 Å². The minimum Gasteiger partial charge on any atom is -0.497 e. The molecule has 5 heterocycles. The number of ether oxygens (including phenoxy) is 1. The highest BCUT2D eigenvalue weighted by molar-refractivity contribution is 5.92. The first-order valence-corrected chi connectivity index (χ1v) is 9.31. The predicted molar refractivity (Wildman–Crippen MR) is 104 cm³/mol. The summed E-state index contributed by atoms with van der Waals surface area (Å²) < 4.78 is 6.83. The quantitative estimate of drug-likeness (QED) is 0.708. The molecule has 9 heteroatoms. The van der Waals surface area contributed by atoms with Crippen LogP contribution in [0.4, 0.5) is 11.5 Å². The van der Waals surface area contributed by atoms with Crippen molar-refractivity contribution in [3.63, 3.8) is 0 Å². The van der Waals surface area contributed by atoms with Crippen LogP contribution in [0.1, 0.15) is 6.42 Å². The fraction of sp³-hybridized carbons (Fsp3) is 0.368. The molecular formula is C19H21N7O2. The van der Waals surface area contributed by atoms with E-state index in [0.717, 1.165) is 42.4 Å². The molecule has 1 N–H and O–H groups in total. The number of piperazine rings is 1. The van der Waals surface area contributed by atoms with Crippen LogP contribution in [0.2, 0.25) is 0 Å². The predicted octanol–water partition coefficient (Wildman–Crippen LogP) is 1.03. The zero-order valence-corrected chi connectivity index (χ0v) is 15.5. The smallest absolute Gasteiger partial charge is 0.238 e. The number of methoxy groups -OCH3 is 1. The van der Waals surface area contributed by atoms with Crippen LogP contribution in [0.3, 0.4) is 0 Å². The van der Waals surface area contributed by atoms with Gasteiger partial charge in [0.05, 0.1) is 13.7 Å². The van der Waals surface area contributed by atoms with E-state index in [0.29, 0.717) is 18.6 Å². The van der Waals surface area contributed by atoms with Gasteiger partial charge in [-0.05, 0) is 42.8 Å². The highest BCUT2D eigenvalue weighted by atomic mass is 16.5. The minimum atomic E-state index is 0.0114. The van der Waals surface area contributed by atoms with Crippen molar-refractivity contribution in [2.75, 3.05) is 37.0 Å². The van der Waals surface area contributed by atoms with Crippen LogP contribution in [0, 0.1) is 0 Å². The van der Waals surface area contributed by atoms with E-state index in [1.165, 1.54) is 0 Å². The van der Waals surface area contributed by atoms with E-state index in [1.54, 1.807) is 18.0 Å². The SMILES string of the molecule is COc1ccc(NC(=O)CN2C3CC2CN(c2ccc4nncn4n2)C3)cc1. The molecule has 0 saturated carbocycles. The van der Waals surface area contributed by atoms with Crippen molar-refractivity contribution in [1.29, 1.82) is 0 Å². The van der Waals surface area contributed by atoms with E-state index in [4.69, 9.17) is 4.74 Å². The lowest BCUT2D eigenvalue weighted by molar-refractivity contribution is -0.121. The molecule has 2 atom stereocenters. The second-order valence-corrected chi connectivity index (χ2v) is 7.22. The molecule has 6 rings (SSSR count). The first kappa shape index (κ1) is 16.9. The van der Waals surface area contributed by atoms with Crippen molar-refractivity contribution in [2.24, 2.45) is 0 Å². The molecule has 2 bridgehead atoms. The summed E-state index contributed by atoms with van der Waals surface area (Å²) >= 11 is 0. The van der Waals surface area contributed by atoms with E-state index < -0.39 is 0 Å². The van der Waals surface area contributed by atoms with Gasteiger partial charge in [0.25, 0.3) is 0 Å². The van der Waals surface area contributed by atoms with Gasteiger partial charge in [-0.1, -0.05) is 0 Å². The van der Waals surface area contributed by atoms with Crippen LogP contribution in [-0.4, -0.2) is 69.4 Å². The monoisotopic (exact) mass is 379 g/mol. The molecular weight excluding hydrogens is 358 g/mol. The Morgan fingerprint density at radius 3 is 2.71 bits per heavy atom. The summed E-state index contributed by atoms with van der Waals surface area (Å²) in [5.41, 5.74) is 1.52. The number of nitrogens with zero attached hydrogens (tertiary/aromatic N) is 6. The Bertz CT molecular complexity index is 991. The van der Waals surface area contributed by atoms with E-state index >= 15 is 0 Å². The number of anilines is 2. The molecule has 9 nitrogen and oxygen atoms in total. The molecule has 0 spiro atoms. The molecule has 3 saturated heterocycles. The van der Waals surface area contributed by atoms with Gasteiger partial charge < -0.3 is 15.0 Å². The molecule has 3 aliphatic heterocycles. The van der Waals surface area contributed by atoms with Gasteiger partial charge in [-0.25, -0.2) is 0 Å². The van der Waals surface area contributed by atoms with Crippen LogP contribution in [-0.2, 0) is 4.79 Å². The molecule has 3 aliphatic rings. The lowest BCUT2D eigenvalue weighted by atomic mass is 9.87. The topological polar surface area (TPSA) is 87.9 Å². The summed E-state index contributed by atoms with van der Waals surface area (Å²) in [6.45, 7) is 2.15. The standard InChI is InChI=1S/C19H21N7O2/c1-28-16-4-2-13(3-5-16)21-19(27)11-25-14-8-15(25)10-24(9-14)18-7-6-17-22-20-12-26(17)23-18/h2-7,12,14-15H,8-11H2,1H3,(H,21,27). The molecule has 2 unspecified atom stereocenters. The van der Waals surface area contributed by atoms with Gasteiger partial charge in [0.1, 0.15) is 17.9 Å². The molecule has 1 amide bonds. The Morgan fingerprint density at radius 1 is 1.18 bits per heavy atom. The maximum Gasteiger partial charge on any atom is 0.238 e. The number of piperidine rings is 1. The first-order chi connectivity index (χ1) is 13.7. The van der Waals surface area contributed by atoms with Crippen molar-refractivity contribution >= 4 is 23.1 Å². The van der Waals surface area contributed by atoms with Crippen molar-refractivity contribution in [2.45, 2.75) is 18.5 Å². The number of hydrogen-bond donors (Lipinski definition) is 1. The second kappa shape index (κ2) is 6.75. The number of aromatic nitrogens is 4. The van der Waals surface area contributed by atoms with Gasteiger partial charge in [-0.2, -0.15) is 4.52 Å². The highest BCUT2D eigenvalue weighted by Gasteiger charge is 2.45. The number of nitrogens with one attached hydrogen (secondary N) is 1. The molecule has 28 heavy (non-hydrogen) atoms. The van der Waals surface area contributed by atoms with Crippen molar-refractivity contribution in [3.8, 4) is 5.75 Å². The van der Waals surface area contributed by atoms with Crippen LogP contribution in [0.15, 0.2) is 42.7 Å².